The van der Waals surface area contributed by atoms with Gasteiger partial charge in [0.2, 0.25) is 5.78 Å². The van der Waals surface area contributed by atoms with Crippen molar-refractivity contribution in [3.63, 3.8) is 0 Å². The smallest absolute Gasteiger partial charge is 0.303 e. The molecule has 5 heteroatoms. The number of nitrogens with zero attached hydrogens (tertiary/aromatic N) is 1. The summed E-state index contributed by atoms with van der Waals surface area (Å²) in [5.74, 6) is -1.90. The van der Waals surface area contributed by atoms with E-state index < -0.39 is 23.2 Å². The molecular weight excluding hydrogens is 237 g/mol. The molecule has 4 nitrogen and oxygen atoms in total. The fourth-order valence-electron chi connectivity index (χ4n) is 1.50. The molecule has 1 rings (SSSR count). The van der Waals surface area contributed by atoms with E-state index in [9.17, 15) is 14.0 Å². The van der Waals surface area contributed by atoms with E-state index in [-0.39, 0.29) is 11.1 Å². The van der Waals surface area contributed by atoms with Crippen molar-refractivity contribution in [3.8, 4) is 6.07 Å². The lowest BCUT2D eigenvalue weighted by Gasteiger charge is -2.22. The fraction of sp³-hybridized carbons (Fsp3) is 0.308. The van der Waals surface area contributed by atoms with Crippen LogP contribution in [0.4, 0.5) is 4.39 Å². The maximum absolute atomic E-state index is 13.4. The summed E-state index contributed by atoms with van der Waals surface area (Å²) in [5.41, 5.74) is -1.46. The van der Waals surface area contributed by atoms with Gasteiger partial charge < -0.3 is 4.74 Å². The van der Waals surface area contributed by atoms with Crippen molar-refractivity contribution in [2.45, 2.75) is 26.4 Å². The molecule has 0 spiro atoms. The molecule has 0 amide bonds. The molecule has 0 saturated heterocycles. The van der Waals surface area contributed by atoms with Gasteiger partial charge in [0, 0.05) is 12.5 Å². The van der Waals surface area contributed by atoms with Crippen LogP contribution in [0.5, 0.6) is 0 Å². The third-order valence-electron chi connectivity index (χ3n) is 2.30. The summed E-state index contributed by atoms with van der Waals surface area (Å²) in [5, 5.41) is 8.58. The molecule has 0 aliphatic heterocycles. The molecule has 18 heavy (non-hydrogen) atoms. The summed E-state index contributed by atoms with van der Waals surface area (Å²) in [6.45, 7) is 4.04. The number of rotatable bonds is 3. The molecule has 0 aliphatic rings. The number of carbonyl (C=O) groups is 2. The van der Waals surface area contributed by atoms with Crippen molar-refractivity contribution in [3.05, 3.63) is 35.1 Å². The molecule has 1 aromatic carbocycles. The van der Waals surface area contributed by atoms with Crippen molar-refractivity contribution < 1.29 is 18.7 Å². The lowest BCUT2D eigenvalue weighted by Crippen LogP contribution is -2.36. The van der Waals surface area contributed by atoms with Crippen LogP contribution >= 0.6 is 0 Å². The number of carbonyl (C=O) groups excluding carboxylic acids is 2. The second-order valence-electron chi connectivity index (χ2n) is 4.24. The number of halogens is 1. The highest BCUT2D eigenvalue weighted by Gasteiger charge is 2.32. The van der Waals surface area contributed by atoms with Gasteiger partial charge in [-0.1, -0.05) is 0 Å². The van der Waals surface area contributed by atoms with Gasteiger partial charge in [-0.15, -0.1) is 0 Å². The maximum Gasteiger partial charge on any atom is 0.303 e. The van der Waals surface area contributed by atoms with Crippen molar-refractivity contribution in [1.82, 2.24) is 0 Å². The minimum Gasteiger partial charge on any atom is -0.451 e. The van der Waals surface area contributed by atoms with E-state index in [2.05, 4.69) is 0 Å². The molecule has 0 radical (unpaired) electrons. The zero-order chi connectivity index (χ0) is 13.9. The first kappa shape index (κ1) is 13.8. The standard InChI is InChI=1S/C13H12FNO3/c1-8(16)18-13(2,3)12(17)9-4-5-10(7-15)11(14)6-9/h4-6H,1-3H3. The number of hydrogen-bond donors (Lipinski definition) is 0. The van der Waals surface area contributed by atoms with Gasteiger partial charge in [0.05, 0.1) is 5.56 Å². The Balaban J connectivity index is 3.08. The Morgan fingerprint density at radius 3 is 2.44 bits per heavy atom. The third-order valence-corrected chi connectivity index (χ3v) is 2.30. The molecule has 94 valence electrons. The van der Waals surface area contributed by atoms with Crippen LogP contribution in [0.2, 0.25) is 0 Å². The number of Topliss-reactive ketones (excluding diaryl/α,β-unsaturated/α-hetero) is 1. The van der Waals surface area contributed by atoms with Gasteiger partial charge in [-0.25, -0.2) is 4.39 Å². The summed E-state index contributed by atoms with van der Waals surface area (Å²) in [6.07, 6.45) is 0. The number of nitriles is 1. The van der Waals surface area contributed by atoms with Crippen LogP contribution in [0.15, 0.2) is 18.2 Å². The van der Waals surface area contributed by atoms with Gasteiger partial charge in [0.1, 0.15) is 11.9 Å². The minimum atomic E-state index is -1.37. The van der Waals surface area contributed by atoms with Crippen LogP contribution < -0.4 is 0 Å². The number of ketones is 1. The number of hydrogen-bond acceptors (Lipinski definition) is 4. The molecule has 0 unspecified atom stereocenters. The van der Waals surface area contributed by atoms with E-state index in [0.717, 1.165) is 6.07 Å². The largest absolute Gasteiger partial charge is 0.451 e. The van der Waals surface area contributed by atoms with Crippen LogP contribution in [-0.2, 0) is 9.53 Å². The van der Waals surface area contributed by atoms with Gasteiger partial charge in [-0.05, 0) is 32.0 Å². The van der Waals surface area contributed by atoms with E-state index >= 15 is 0 Å². The fourth-order valence-corrected chi connectivity index (χ4v) is 1.50. The maximum atomic E-state index is 13.4. The topological polar surface area (TPSA) is 67.2 Å². The zero-order valence-corrected chi connectivity index (χ0v) is 10.3. The molecule has 0 aliphatic carbocycles. The molecule has 0 saturated carbocycles. The lowest BCUT2D eigenvalue weighted by atomic mass is 9.95. The molecule has 0 bridgehead atoms. The summed E-state index contributed by atoms with van der Waals surface area (Å²) in [6, 6.07) is 5.17. The Kier molecular flexibility index (Phi) is 3.82. The first-order chi connectivity index (χ1) is 8.27. The quantitative estimate of drug-likeness (QED) is 0.608. The summed E-state index contributed by atoms with van der Waals surface area (Å²) < 4.78 is 18.3. The Hall–Kier alpha value is -2.22. The van der Waals surface area contributed by atoms with Crippen molar-refractivity contribution >= 4 is 11.8 Å². The SMILES string of the molecule is CC(=O)OC(C)(C)C(=O)c1ccc(C#N)c(F)c1. The normalized spacial score (nSPS) is 10.6. The summed E-state index contributed by atoms with van der Waals surface area (Å²) in [7, 11) is 0. The van der Waals surface area contributed by atoms with Crippen molar-refractivity contribution in [1.29, 1.82) is 5.26 Å². The second kappa shape index (κ2) is 4.96. The van der Waals surface area contributed by atoms with E-state index in [1.807, 2.05) is 0 Å². The highest BCUT2D eigenvalue weighted by molar-refractivity contribution is 6.02. The van der Waals surface area contributed by atoms with E-state index in [4.69, 9.17) is 10.00 Å². The predicted octanol–water partition coefficient (Wildman–Crippen LogP) is 2.22. The van der Waals surface area contributed by atoms with Crippen LogP contribution in [-0.4, -0.2) is 17.4 Å². The van der Waals surface area contributed by atoms with Crippen LogP contribution in [0.1, 0.15) is 36.7 Å². The number of benzene rings is 1. The van der Waals surface area contributed by atoms with Gasteiger partial charge in [-0.2, -0.15) is 5.26 Å². The lowest BCUT2D eigenvalue weighted by molar-refractivity contribution is -0.149. The van der Waals surface area contributed by atoms with E-state index in [1.54, 1.807) is 6.07 Å². The molecule has 0 N–H and O–H groups in total. The first-order valence-corrected chi connectivity index (χ1v) is 5.22. The molecule has 0 heterocycles. The average Bonchev–Trinajstić information content (AvgIpc) is 2.26. The summed E-state index contributed by atoms with van der Waals surface area (Å²) >= 11 is 0. The third kappa shape index (κ3) is 2.92. The Bertz CT molecular complexity index is 544. The molecule has 1 aromatic rings. The number of esters is 1. The van der Waals surface area contributed by atoms with Gasteiger partial charge in [0.25, 0.3) is 0 Å². The molecule has 0 fully saturated rings. The Morgan fingerprint density at radius 1 is 1.39 bits per heavy atom. The minimum absolute atomic E-state index is 0.0535. The zero-order valence-electron chi connectivity index (χ0n) is 10.3. The Labute approximate surface area is 104 Å². The predicted molar refractivity (Wildman–Crippen MR) is 61.3 cm³/mol. The Morgan fingerprint density at radius 2 is 2.00 bits per heavy atom. The van der Waals surface area contributed by atoms with Crippen LogP contribution in [0, 0.1) is 17.1 Å². The van der Waals surface area contributed by atoms with Gasteiger partial charge in [-0.3, -0.25) is 9.59 Å². The van der Waals surface area contributed by atoms with Crippen LogP contribution in [0.25, 0.3) is 0 Å². The number of ether oxygens (including phenoxy) is 1. The van der Waals surface area contributed by atoms with Crippen molar-refractivity contribution in [2.24, 2.45) is 0 Å². The first-order valence-electron chi connectivity index (χ1n) is 5.22. The van der Waals surface area contributed by atoms with E-state index in [1.165, 1.54) is 32.9 Å². The second-order valence-corrected chi connectivity index (χ2v) is 4.24. The monoisotopic (exact) mass is 249 g/mol. The molecule has 0 atom stereocenters. The highest BCUT2D eigenvalue weighted by atomic mass is 19.1. The van der Waals surface area contributed by atoms with E-state index in [0.29, 0.717) is 0 Å². The molecular formula is C13H12FNO3. The molecule has 0 aromatic heterocycles. The average molecular weight is 249 g/mol. The van der Waals surface area contributed by atoms with Crippen LogP contribution in [0.3, 0.4) is 0 Å². The summed E-state index contributed by atoms with van der Waals surface area (Å²) in [4.78, 5) is 22.9. The van der Waals surface area contributed by atoms with Gasteiger partial charge >= 0.3 is 5.97 Å². The van der Waals surface area contributed by atoms with Gasteiger partial charge in [0.15, 0.2) is 5.60 Å². The highest BCUT2D eigenvalue weighted by Crippen LogP contribution is 2.19. The van der Waals surface area contributed by atoms with Crippen molar-refractivity contribution in [2.75, 3.05) is 0 Å².